The lowest BCUT2D eigenvalue weighted by molar-refractivity contribution is 0.213. The van der Waals surface area contributed by atoms with Crippen LogP contribution in [0, 0.1) is 0 Å². The number of piperazine rings is 1. The monoisotopic (exact) mass is 390 g/mol. The molecule has 0 radical (unpaired) electrons. The molecule has 0 bridgehead atoms. The molecule has 9 heteroatoms. The molecule has 7 nitrogen and oxygen atoms in total. The van der Waals surface area contributed by atoms with Crippen LogP contribution < -0.4 is 0 Å². The van der Waals surface area contributed by atoms with Crippen LogP contribution in [0.15, 0.2) is 30.3 Å². The molecule has 1 aromatic rings. The van der Waals surface area contributed by atoms with E-state index in [0.717, 1.165) is 5.56 Å². The molecule has 1 fully saturated rings. The first-order valence-corrected chi connectivity index (χ1v) is 11.6. The van der Waals surface area contributed by atoms with Gasteiger partial charge in [-0.2, -0.15) is 8.61 Å². The highest BCUT2D eigenvalue weighted by Gasteiger charge is 2.31. The summed E-state index contributed by atoms with van der Waals surface area (Å²) in [6.45, 7) is 0.952. The predicted molar refractivity (Wildman–Crippen MR) is 97.4 cm³/mol. The van der Waals surface area contributed by atoms with Gasteiger partial charge in [-0.15, -0.1) is 0 Å². The summed E-state index contributed by atoms with van der Waals surface area (Å²) in [5, 5.41) is 0. The number of nitrogens with zero attached hydrogens (tertiary/aromatic N) is 2. The molecular formula is C16H26N2O5S2. The smallest absolute Gasteiger partial charge is 0.216 e. The Balaban J connectivity index is 1.82. The first kappa shape index (κ1) is 20.3. The van der Waals surface area contributed by atoms with Crippen molar-refractivity contribution in [3.05, 3.63) is 35.9 Å². The highest BCUT2D eigenvalue weighted by molar-refractivity contribution is 7.89. The van der Waals surface area contributed by atoms with Crippen LogP contribution in [0.4, 0.5) is 0 Å². The molecule has 2 rings (SSSR count). The van der Waals surface area contributed by atoms with Gasteiger partial charge in [0.15, 0.2) is 0 Å². The van der Waals surface area contributed by atoms with Crippen molar-refractivity contribution in [2.24, 2.45) is 0 Å². The van der Waals surface area contributed by atoms with Crippen LogP contribution in [-0.4, -0.2) is 76.8 Å². The standard InChI is InChI=1S/C16H26N2O5S2/c1-23-13-15-25(21,22)18-11-9-17(10-12-18)24(19,20)14-5-8-16-6-3-2-4-7-16/h2-4,6-7H,5,8-15H2,1H3. The molecule has 0 aliphatic carbocycles. The molecule has 0 N–H and O–H groups in total. The fraction of sp³-hybridized carbons (Fsp3) is 0.625. The molecule has 142 valence electrons. The van der Waals surface area contributed by atoms with Gasteiger partial charge in [0, 0.05) is 33.3 Å². The number of methoxy groups -OCH3 is 1. The zero-order valence-electron chi connectivity index (χ0n) is 14.5. The van der Waals surface area contributed by atoms with Gasteiger partial charge in [-0.1, -0.05) is 30.3 Å². The van der Waals surface area contributed by atoms with Gasteiger partial charge < -0.3 is 4.74 Å². The van der Waals surface area contributed by atoms with Crippen LogP contribution in [0.25, 0.3) is 0 Å². The summed E-state index contributed by atoms with van der Waals surface area (Å²) in [7, 11) is -5.28. The van der Waals surface area contributed by atoms with E-state index in [1.165, 1.54) is 15.7 Å². The number of sulfonamides is 2. The van der Waals surface area contributed by atoms with Crippen molar-refractivity contribution in [3.63, 3.8) is 0 Å². The summed E-state index contributed by atoms with van der Waals surface area (Å²) in [6.07, 6.45) is 1.27. The van der Waals surface area contributed by atoms with Crippen molar-refractivity contribution in [2.45, 2.75) is 12.8 Å². The van der Waals surface area contributed by atoms with Crippen LogP contribution in [0.2, 0.25) is 0 Å². The number of benzene rings is 1. The average Bonchev–Trinajstić information content (AvgIpc) is 2.61. The maximum atomic E-state index is 12.4. The minimum atomic E-state index is -3.38. The zero-order valence-corrected chi connectivity index (χ0v) is 16.1. The second-order valence-corrected chi connectivity index (χ2v) is 10.2. The molecule has 0 amide bonds. The Morgan fingerprint density at radius 3 is 1.92 bits per heavy atom. The van der Waals surface area contributed by atoms with E-state index < -0.39 is 20.0 Å². The molecule has 1 aromatic carbocycles. The van der Waals surface area contributed by atoms with Gasteiger partial charge in [0.1, 0.15) is 0 Å². The predicted octanol–water partition coefficient (Wildman–Crippen LogP) is 0.543. The van der Waals surface area contributed by atoms with Gasteiger partial charge in [0.25, 0.3) is 0 Å². The van der Waals surface area contributed by atoms with Gasteiger partial charge in [-0.25, -0.2) is 16.8 Å². The second kappa shape index (κ2) is 9.09. The SMILES string of the molecule is COCCS(=O)(=O)N1CCN(S(=O)(=O)CCCc2ccccc2)CC1. The molecule has 0 aromatic heterocycles. The molecule has 1 aliphatic heterocycles. The first-order chi connectivity index (χ1) is 11.8. The lowest BCUT2D eigenvalue weighted by atomic mass is 10.1. The molecule has 0 saturated carbocycles. The van der Waals surface area contributed by atoms with Crippen molar-refractivity contribution in [1.29, 1.82) is 0 Å². The van der Waals surface area contributed by atoms with Crippen LogP contribution >= 0.6 is 0 Å². The summed E-state index contributed by atoms with van der Waals surface area (Å²) in [6, 6.07) is 9.77. The van der Waals surface area contributed by atoms with Gasteiger partial charge >= 0.3 is 0 Å². The number of ether oxygens (including phenoxy) is 1. The molecule has 0 unspecified atom stereocenters. The van der Waals surface area contributed by atoms with Gasteiger partial charge in [0.2, 0.25) is 20.0 Å². The van der Waals surface area contributed by atoms with E-state index in [0.29, 0.717) is 12.8 Å². The van der Waals surface area contributed by atoms with Crippen LogP contribution in [0.5, 0.6) is 0 Å². The topological polar surface area (TPSA) is 84.0 Å². The van der Waals surface area contributed by atoms with Gasteiger partial charge in [0.05, 0.1) is 18.1 Å². The summed E-state index contributed by atoms with van der Waals surface area (Å²) in [5.74, 6) is 0.00560. The lowest BCUT2D eigenvalue weighted by Crippen LogP contribution is -2.51. The fourth-order valence-corrected chi connectivity index (χ4v) is 5.62. The summed E-state index contributed by atoms with van der Waals surface area (Å²) in [4.78, 5) is 0. The molecule has 1 heterocycles. The van der Waals surface area contributed by atoms with Gasteiger partial charge in [-0.05, 0) is 18.4 Å². The third kappa shape index (κ3) is 6.03. The van der Waals surface area contributed by atoms with Crippen molar-refractivity contribution < 1.29 is 21.6 Å². The Bertz CT molecular complexity index is 727. The van der Waals surface area contributed by atoms with E-state index in [1.807, 2.05) is 30.3 Å². The van der Waals surface area contributed by atoms with E-state index >= 15 is 0 Å². The molecule has 0 spiro atoms. The van der Waals surface area contributed by atoms with E-state index in [9.17, 15) is 16.8 Å². The third-order valence-corrected chi connectivity index (χ3v) is 8.03. The van der Waals surface area contributed by atoms with E-state index in [-0.39, 0.29) is 44.3 Å². The zero-order chi connectivity index (χ0) is 18.3. The Hall–Kier alpha value is -1.00. The highest BCUT2D eigenvalue weighted by Crippen LogP contribution is 2.13. The molecule has 0 atom stereocenters. The Morgan fingerprint density at radius 2 is 1.40 bits per heavy atom. The fourth-order valence-electron chi connectivity index (χ4n) is 2.78. The van der Waals surface area contributed by atoms with Crippen molar-refractivity contribution >= 4 is 20.0 Å². The maximum Gasteiger partial charge on any atom is 0.216 e. The first-order valence-electron chi connectivity index (χ1n) is 8.34. The van der Waals surface area contributed by atoms with Crippen LogP contribution in [0.3, 0.4) is 0 Å². The quantitative estimate of drug-likeness (QED) is 0.615. The average molecular weight is 391 g/mol. The molecule has 1 saturated heterocycles. The molecule has 25 heavy (non-hydrogen) atoms. The Kier molecular flexibility index (Phi) is 7.38. The van der Waals surface area contributed by atoms with Gasteiger partial charge in [-0.3, -0.25) is 0 Å². The van der Waals surface area contributed by atoms with Crippen LogP contribution in [-0.2, 0) is 31.2 Å². The summed E-state index contributed by atoms with van der Waals surface area (Å²) >= 11 is 0. The Morgan fingerprint density at radius 1 is 0.880 bits per heavy atom. The van der Waals surface area contributed by atoms with Crippen LogP contribution in [0.1, 0.15) is 12.0 Å². The summed E-state index contributed by atoms with van der Waals surface area (Å²) in [5.41, 5.74) is 1.12. The second-order valence-electron chi connectivity index (χ2n) is 6.01. The van der Waals surface area contributed by atoms with E-state index in [2.05, 4.69) is 0 Å². The van der Waals surface area contributed by atoms with Crippen molar-refractivity contribution in [3.8, 4) is 0 Å². The minimum Gasteiger partial charge on any atom is -0.384 e. The molecule has 1 aliphatic rings. The number of aryl methyl sites for hydroxylation is 1. The lowest BCUT2D eigenvalue weighted by Gasteiger charge is -2.33. The van der Waals surface area contributed by atoms with Crippen molar-refractivity contribution in [1.82, 2.24) is 8.61 Å². The van der Waals surface area contributed by atoms with E-state index in [1.54, 1.807) is 0 Å². The molecular weight excluding hydrogens is 364 g/mol. The Labute approximate surface area is 150 Å². The van der Waals surface area contributed by atoms with E-state index in [4.69, 9.17) is 4.74 Å². The minimum absolute atomic E-state index is 0.0761. The largest absolute Gasteiger partial charge is 0.384 e. The normalized spacial score (nSPS) is 17.6. The number of hydrogen-bond acceptors (Lipinski definition) is 5. The highest BCUT2D eigenvalue weighted by atomic mass is 32.2. The maximum absolute atomic E-state index is 12.4. The number of rotatable bonds is 9. The van der Waals surface area contributed by atoms with Crippen molar-refractivity contribution in [2.75, 3.05) is 51.4 Å². The number of hydrogen-bond donors (Lipinski definition) is 0. The summed E-state index contributed by atoms with van der Waals surface area (Å²) < 4.78 is 56.7. The third-order valence-electron chi connectivity index (χ3n) is 4.24.